The Morgan fingerprint density at radius 1 is 1.17 bits per heavy atom. The predicted molar refractivity (Wildman–Crippen MR) is 120 cm³/mol. The standard InChI is InChI=1S/C22H23N3O3S.ClH/c23-12-20-13-24-21(29-20)17-6-8-18(9-7-17)28-19-10-11-25(14-19)22(26)27-15-16-4-2-1-3-5-16;/h1-9,13,19H,10-12,14-15,23H2;1H/t19-;/m1./s1. The molecule has 0 spiro atoms. The van der Waals surface area contributed by atoms with Crippen molar-refractivity contribution in [3.8, 4) is 16.3 Å². The lowest BCUT2D eigenvalue weighted by molar-refractivity contribution is 0.0991. The van der Waals surface area contributed by atoms with Crippen molar-refractivity contribution in [2.45, 2.75) is 25.7 Å². The van der Waals surface area contributed by atoms with E-state index in [1.165, 1.54) is 0 Å². The number of likely N-dealkylation sites (tertiary alicyclic amines) is 1. The maximum Gasteiger partial charge on any atom is 0.410 e. The molecular formula is C22H24ClN3O3S. The fourth-order valence-corrected chi connectivity index (χ4v) is 4.00. The molecule has 1 fully saturated rings. The highest BCUT2D eigenvalue weighted by Crippen LogP contribution is 2.27. The second-order valence-electron chi connectivity index (χ2n) is 6.87. The zero-order chi connectivity index (χ0) is 20.1. The van der Waals surface area contributed by atoms with Crippen molar-refractivity contribution < 1.29 is 14.3 Å². The lowest BCUT2D eigenvalue weighted by Crippen LogP contribution is -2.31. The van der Waals surface area contributed by atoms with Crippen LogP contribution < -0.4 is 10.5 Å². The minimum Gasteiger partial charge on any atom is -0.489 e. The number of rotatable bonds is 6. The number of nitrogens with zero attached hydrogens (tertiary/aromatic N) is 2. The largest absolute Gasteiger partial charge is 0.489 e. The molecule has 2 heterocycles. The van der Waals surface area contributed by atoms with Crippen molar-refractivity contribution in [1.29, 1.82) is 0 Å². The van der Waals surface area contributed by atoms with E-state index in [1.807, 2.05) is 60.8 Å². The van der Waals surface area contributed by atoms with Crippen LogP contribution in [0.5, 0.6) is 5.75 Å². The fourth-order valence-electron chi connectivity index (χ4n) is 3.20. The molecule has 0 unspecified atom stereocenters. The monoisotopic (exact) mass is 445 g/mol. The number of nitrogens with two attached hydrogens (primary N) is 1. The quantitative estimate of drug-likeness (QED) is 0.605. The Morgan fingerprint density at radius 2 is 1.93 bits per heavy atom. The first-order valence-electron chi connectivity index (χ1n) is 9.59. The topological polar surface area (TPSA) is 77.7 Å². The van der Waals surface area contributed by atoms with Crippen LogP contribution >= 0.6 is 23.7 Å². The zero-order valence-corrected chi connectivity index (χ0v) is 18.0. The van der Waals surface area contributed by atoms with Gasteiger partial charge in [-0.05, 0) is 29.8 Å². The summed E-state index contributed by atoms with van der Waals surface area (Å²) in [4.78, 5) is 19.4. The van der Waals surface area contributed by atoms with Crippen LogP contribution in [-0.2, 0) is 17.9 Å². The Kier molecular flexibility index (Phi) is 7.68. The van der Waals surface area contributed by atoms with Crippen molar-refractivity contribution in [3.63, 3.8) is 0 Å². The number of hydrogen-bond acceptors (Lipinski definition) is 6. The van der Waals surface area contributed by atoms with E-state index in [0.717, 1.165) is 33.2 Å². The van der Waals surface area contributed by atoms with Gasteiger partial charge in [0.15, 0.2) is 0 Å². The first-order chi connectivity index (χ1) is 14.2. The maximum absolute atomic E-state index is 12.3. The lowest BCUT2D eigenvalue weighted by atomic mass is 10.2. The van der Waals surface area contributed by atoms with E-state index in [9.17, 15) is 4.79 Å². The summed E-state index contributed by atoms with van der Waals surface area (Å²) in [7, 11) is 0. The maximum atomic E-state index is 12.3. The van der Waals surface area contributed by atoms with Crippen molar-refractivity contribution in [2.24, 2.45) is 5.73 Å². The van der Waals surface area contributed by atoms with Gasteiger partial charge >= 0.3 is 6.09 Å². The van der Waals surface area contributed by atoms with Crippen molar-refractivity contribution in [1.82, 2.24) is 9.88 Å². The van der Waals surface area contributed by atoms with Crippen LogP contribution in [0.2, 0.25) is 0 Å². The van der Waals surface area contributed by atoms with E-state index in [0.29, 0.717) is 19.6 Å². The Hall–Kier alpha value is -2.61. The van der Waals surface area contributed by atoms with Gasteiger partial charge in [-0.15, -0.1) is 23.7 Å². The molecule has 0 aliphatic carbocycles. The third kappa shape index (κ3) is 5.50. The highest BCUT2D eigenvalue weighted by Gasteiger charge is 2.28. The van der Waals surface area contributed by atoms with Gasteiger partial charge in [-0.3, -0.25) is 0 Å². The van der Waals surface area contributed by atoms with Crippen LogP contribution in [0.4, 0.5) is 4.79 Å². The van der Waals surface area contributed by atoms with Gasteiger partial charge in [0.2, 0.25) is 0 Å². The number of thiazole rings is 1. The van der Waals surface area contributed by atoms with E-state index >= 15 is 0 Å². The highest BCUT2D eigenvalue weighted by molar-refractivity contribution is 7.15. The number of benzene rings is 2. The minimum absolute atomic E-state index is 0. The van der Waals surface area contributed by atoms with Gasteiger partial charge in [-0.2, -0.15) is 0 Å². The molecule has 1 aliphatic rings. The van der Waals surface area contributed by atoms with Gasteiger partial charge in [0.1, 0.15) is 23.5 Å². The van der Waals surface area contributed by atoms with Crippen LogP contribution in [0.1, 0.15) is 16.9 Å². The van der Waals surface area contributed by atoms with E-state index in [2.05, 4.69) is 4.98 Å². The molecule has 1 saturated heterocycles. The van der Waals surface area contributed by atoms with Crippen LogP contribution in [0.15, 0.2) is 60.8 Å². The first kappa shape index (κ1) is 22.1. The summed E-state index contributed by atoms with van der Waals surface area (Å²) in [6, 6.07) is 17.5. The summed E-state index contributed by atoms with van der Waals surface area (Å²) in [5.41, 5.74) is 7.67. The molecule has 2 N–H and O–H groups in total. The molecule has 1 aliphatic heterocycles. The van der Waals surface area contributed by atoms with Gasteiger partial charge < -0.3 is 20.1 Å². The minimum atomic E-state index is -0.297. The van der Waals surface area contributed by atoms with Crippen LogP contribution in [-0.4, -0.2) is 35.2 Å². The highest BCUT2D eigenvalue weighted by atomic mass is 35.5. The number of ether oxygens (including phenoxy) is 2. The molecule has 158 valence electrons. The molecular weight excluding hydrogens is 422 g/mol. The Morgan fingerprint density at radius 3 is 2.63 bits per heavy atom. The van der Waals surface area contributed by atoms with Crippen LogP contribution in [0.25, 0.3) is 10.6 Å². The average Bonchev–Trinajstić information content (AvgIpc) is 3.43. The molecule has 0 bridgehead atoms. The van der Waals surface area contributed by atoms with E-state index in [4.69, 9.17) is 15.2 Å². The smallest absolute Gasteiger partial charge is 0.410 e. The number of carbonyl (C=O) groups excluding carboxylic acids is 1. The van der Waals surface area contributed by atoms with Crippen molar-refractivity contribution in [2.75, 3.05) is 13.1 Å². The normalized spacial score (nSPS) is 15.5. The summed E-state index contributed by atoms with van der Waals surface area (Å²) in [5, 5.41) is 0.949. The predicted octanol–water partition coefficient (Wildman–Crippen LogP) is 4.48. The Labute approximate surface area is 186 Å². The molecule has 30 heavy (non-hydrogen) atoms. The second kappa shape index (κ2) is 10.4. The molecule has 0 saturated carbocycles. The van der Waals surface area contributed by atoms with Gasteiger partial charge in [0.25, 0.3) is 0 Å². The van der Waals surface area contributed by atoms with Gasteiger partial charge in [-0.1, -0.05) is 30.3 Å². The second-order valence-corrected chi connectivity index (χ2v) is 7.99. The number of carbonyl (C=O) groups is 1. The molecule has 6 nitrogen and oxygen atoms in total. The number of aromatic nitrogens is 1. The lowest BCUT2D eigenvalue weighted by Gasteiger charge is -2.17. The summed E-state index contributed by atoms with van der Waals surface area (Å²) in [5.74, 6) is 0.786. The first-order valence-corrected chi connectivity index (χ1v) is 10.4. The van der Waals surface area contributed by atoms with Crippen molar-refractivity contribution >= 4 is 29.8 Å². The summed E-state index contributed by atoms with van der Waals surface area (Å²) in [6.07, 6.45) is 2.27. The van der Waals surface area contributed by atoms with Crippen LogP contribution in [0, 0.1) is 0 Å². The number of amides is 1. The third-order valence-corrected chi connectivity index (χ3v) is 5.84. The Bertz CT molecular complexity index is 950. The van der Waals surface area contributed by atoms with Crippen LogP contribution in [0.3, 0.4) is 0 Å². The van der Waals surface area contributed by atoms with Gasteiger partial charge in [-0.25, -0.2) is 9.78 Å². The Balaban J connectivity index is 0.00000256. The molecule has 4 rings (SSSR count). The third-order valence-electron chi connectivity index (χ3n) is 4.77. The SMILES string of the molecule is Cl.NCc1cnc(-c2ccc(O[C@@H]3CCN(C(=O)OCc4ccccc4)C3)cc2)s1. The molecule has 1 atom stereocenters. The molecule has 3 aromatic rings. The van der Waals surface area contributed by atoms with E-state index in [-0.39, 0.29) is 31.2 Å². The molecule has 2 aromatic carbocycles. The summed E-state index contributed by atoms with van der Waals surface area (Å²) in [6.45, 7) is 1.95. The van der Waals surface area contributed by atoms with Crippen molar-refractivity contribution in [3.05, 3.63) is 71.2 Å². The van der Waals surface area contributed by atoms with E-state index in [1.54, 1.807) is 16.2 Å². The molecule has 0 radical (unpaired) electrons. The summed E-state index contributed by atoms with van der Waals surface area (Å²) >= 11 is 1.60. The number of halogens is 1. The van der Waals surface area contributed by atoms with Gasteiger partial charge in [0, 0.05) is 36.1 Å². The molecule has 1 aromatic heterocycles. The molecule has 1 amide bonds. The number of hydrogen-bond donors (Lipinski definition) is 1. The molecule has 8 heteroatoms. The fraction of sp³-hybridized carbons (Fsp3) is 0.273. The average molecular weight is 446 g/mol. The van der Waals surface area contributed by atoms with Gasteiger partial charge in [0.05, 0.1) is 6.54 Å². The summed E-state index contributed by atoms with van der Waals surface area (Å²) < 4.78 is 11.5. The zero-order valence-electron chi connectivity index (χ0n) is 16.4. The van der Waals surface area contributed by atoms with E-state index < -0.39 is 0 Å².